The number of rotatable bonds is 7. The lowest BCUT2D eigenvalue weighted by Gasteiger charge is -2.53. The summed E-state index contributed by atoms with van der Waals surface area (Å²) in [6, 6.07) is 7.51. The molecular formula is C25H38FN3O2. The van der Waals surface area contributed by atoms with E-state index in [0.717, 1.165) is 83.6 Å². The Morgan fingerprint density at radius 2 is 2.03 bits per heavy atom. The largest absolute Gasteiger partial charge is 0.379 e. The Morgan fingerprint density at radius 1 is 1.23 bits per heavy atom. The predicted molar refractivity (Wildman–Crippen MR) is 120 cm³/mol. The van der Waals surface area contributed by atoms with E-state index in [9.17, 15) is 9.18 Å². The van der Waals surface area contributed by atoms with Gasteiger partial charge >= 0.3 is 0 Å². The molecule has 2 heterocycles. The number of nitrogens with one attached hydrogen (secondary N) is 1. The van der Waals surface area contributed by atoms with Gasteiger partial charge in [-0.15, -0.1) is 0 Å². The van der Waals surface area contributed by atoms with Crippen LogP contribution in [0.3, 0.4) is 0 Å². The molecule has 5 nitrogen and oxygen atoms in total. The zero-order valence-corrected chi connectivity index (χ0v) is 19.0. The zero-order chi connectivity index (χ0) is 21.7. The standard InChI is InChI=1S/C25H38FN3O2/c1-2-28-13-10-21-18-22(29-14-16-31-17-15-29)9-11-25(21,19-28)24(30)27-12-5-7-20-6-3-4-8-23(20)26/h3-4,6,8,21-22H,2,5,7,9-19H2,1H3,(H,27,30)/t21-,22+,25-/m1/s1. The van der Waals surface area contributed by atoms with Crippen LogP contribution >= 0.6 is 0 Å². The van der Waals surface area contributed by atoms with Crippen LogP contribution in [0.5, 0.6) is 0 Å². The molecule has 1 aliphatic carbocycles. The van der Waals surface area contributed by atoms with Crippen molar-refractivity contribution in [3.05, 3.63) is 35.6 Å². The highest BCUT2D eigenvalue weighted by atomic mass is 19.1. The molecule has 6 heteroatoms. The quantitative estimate of drug-likeness (QED) is 0.674. The van der Waals surface area contributed by atoms with Crippen molar-refractivity contribution in [3.63, 3.8) is 0 Å². The summed E-state index contributed by atoms with van der Waals surface area (Å²) in [5.74, 6) is 0.521. The maximum atomic E-state index is 13.9. The smallest absolute Gasteiger partial charge is 0.227 e. The number of halogens is 1. The molecule has 0 bridgehead atoms. The molecule has 0 spiro atoms. The Bertz CT molecular complexity index is 739. The van der Waals surface area contributed by atoms with E-state index in [4.69, 9.17) is 4.74 Å². The molecule has 1 aromatic rings. The van der Waals surface area contributed by atoms with Crippen LogP contribution in [0.4, 0.5) is 4.39 Å². The van der Waals surface area contributed by atoms with Crippen LogP contribution in [0.25, 0.3) is 0 Å². The molecule has 1 saturated carbocycles. The number of nitrogens with zero attached hydrogens (tertiary/aromatic N) is 2. The van der Waals surface area contributed by atoms with Gasteiger partial charge in [0.25, 0.3) is 0 Å². The second-order valence-corrected chi connectivity index (χ2v) is 9.54. The summed E-state index contributed by atoms with van der Waals surface area (Å²) < 4.78 is 19.4. The fraction of sp³-hybridized carbons (Fsp3) is 0.720. The Hall–Kier alpha value is -1.50. The Kier molecular flexibility index (Phi) is 7.62. The first-order chi connectivity index (χ1) is 15.1. The first kappa shape index (κ1) is 22.7. The summed E-state index contributed by atoms with van der Waals surface area (Å²) in [5.41, 5.74) is 0.461. The predicted octanol–water partition coefficient (Wildman–Crippen LogP) is 3.09. The SMILES string of the molecule is CCN1CC[C@@H]2C[C@@H](N3CCOCC3)CC[C@@]2(C(=O)NCCCc2ccccc2F)C1. The summed E-state index contributed by atoms with van der Waals surface area (Å²) in [4.78, 5) is 18.6. The summed E-state index contributed by atoms with van der Waals surface area (Å²) in [6.07, 6.45) is 5.72. The topological polar surface area (TPSA) is 44.8 Å². The molecule has 2 saturated heterocycles. The molecule has 1 amide bonds. The van der Waals surface area contributed by atoms with Gasteiger partial charge in [-0.1, -0.05) is 25.1 Å². The molecule has 0 radical (unpaired) electrons. The first-order valence-corrected chi connectivity index (χ1v) is 12.2. The highest BCUT2D eigenvalue weighted by Crippen LogP contribution is 2.47. The van der Waals surface area contributed by atoms with Crippen molar-refractivity contribution in [2.45, 2.75) is 51.5 Å². The molecule has 3 fully saturated rings. The van der Waals surface area contributed by atoms with Crippen molar-refractivity contribution in [1.29, 1.82) is 0 Å². The molecule has 3 aliphatic rings. The lowest BCUT2D eigenvalue weighted by molar-refractivity contribution is -0.144. The van der Waals surface area contributed by atoms with E-state index in [1.807, 2.05) is 12.1 Å². The van der Waals surface area contributed by atoms with Crippen molar-refractivity contribution >= 4 is 5.91 Å². The molecule has 172 valence electrons. The molecule has 3 atom stereocenters. The van der Waals surface area contributed by atoms with Gasteiger partial charge in [0.15, 0.2) is 0 Å². The number of morpholine rings is 1. The van der Waals surface area contributed by atoms with Crippen LogP contribution in [0.1, 0.15) is 44.6 Å². The molecule has 0 unspecified atom stereocenters. The highest BCUT2D eigenvalue weighted by Gasteiger charge is 2.52. The molecule has 1 aromatic carbocycles. The van der Waals surface area contributed by atoms with Crippen molar-refractivity contribution < 1.29 is 13.9 Å². The third kappa shape index (κ3) is 5.12. The summed E-state index contributed by atoms with van der Waals surface area (Å²) in [6.45, 7) is 9.49. The van der Waals surface area contributed by atoms with Gasteiger partial charge in [-0.3, -0.25) is 9.69 Å². The van der Waals surface area contributed by atoms with Crippen LogP contribution in [-0.4, -0.2) is 74.2 Å². The zero-order valence-electron chi connectivity index (χ0n) is 19.0. The van der Waals surface area contributed by atoms with Gasteiger partial charge in [0.2, 0.25) is 5.91 Å². The number of ether oxygens (including phenoxy) is 1. The van der Waals surface area contributed by atoms with Gasteiger partial charge in [-0.05, 0) is 69.2 Å². The van der Waals surface area contributed by atoms with Gasteiger partial charge in [0, 0.05) is 32.2 Å². The summed E-state index contributed by atoms with van der Waals surface area (Å²) in [7, 11) is 0. The molecule has 1 N–H and O–H groups in total. The van der Waals surface area contributed by atoms with Gasteiger partial charge < -0.3 is 15.0 Å². The molecule has 2 aliphatic heterocycles. The normalized spacial score (nSPS) is 30.0. The van der Waals surface area contributed by atoms with Gasteiger partial charge in [0.1, 0.15) is 5.82 Å². The average molecular weight is 432 g/mol. The number of fused-ring (bicyclic) bond motifs is 1. The number of benzene rings is 1. The van der Waals surface area contributed by atoms with Gasteiger partial charge in [-0.2, -0.15) is 0 Å². The minimum atomic E-state index is -0.269. The van der Waals surface area contributed by atoms with Crippen LogP contribution in [-0.2, 0) is 16.0 Å². The van der Waals surface area contributed by atoms with E-state index in [2.05, 4.69) is 22.0 Å². The minimum absolute atomic E-state index is 0.153. The minimum Gasteiger partial charge on any atom is -0.379 e. The molecule has 31 heavy (non-hydrogen) atoms. The highest BCUT2D eigenvalue weighted by molar-refractivity contribution is 5.83. The van der Waals surface area contributed by atoms with Crippen molar-refractivity contribution in [2.75, 3.05) is 52.5 Å². The summed E-state index contributed by atoms with van der Waals surface area (Å²) in [5, 5.41) is 3.25. The van der Waals surface area contributed by atoms with Crippen LogP contribution in [0.2, 0.25) is 0 Å². The number of hydrogen-bond acceptors (Lipinski definition) is 4. The second-order valence-electron chi connectivity index (χ2n) is 9.54. The van der Waals surface area contributed by atoms with Crippen LogP contribution in [0, 0.1) is 17.2 Å². The first-order valence-electron chi connectivity index (χ1n) is 12.2. The van der Waals surface area contributed by atoms with E-state index >= 15 is 0 Å². The number of aryl methyl sites for hydroxylation is 1. The third-order valence-electron chi connectivity index (χ3n) is 7.89. The number of amides is 1. The van der Waals surface area contributed by atoms with Crippen molar-refractivity contribution in [3.8, 4) is 0 Å². The van der Waals surface area contributed by atoms with Gasteiger partial charge in [0.05, 0.1) is 18.6 Å². The third-order valence-corrected chi connectivity index (χ3v) is 7.89. The lowest BCUT2D eigenvalue weighted by atomic mass is 9.61. The van der Waals surface area contributed by atoms with E-state index in [0.29, 0.717) is 24.9 Å². The van der Waals surface area contributed by atoms with E-state index in [-0.39, 0.29) is 17.1 Å². The van der Waals surface area contributed by atoms with Crippen molar-refractivity contribution in [1.82, 2.24) is 15.1 Å². The van der Waals surface area contributed by atoms with E-state index in [1.165, 1.54) is 6.07 Å². The lowest BCUT2D eigenvalue weighted by Crippen LogP contribution is -2.60. The number of piperidine rings is 1. The van der Waals surface area contributed by atoms with Crippen LogP contribution in [0.15, 0.2) is 24.3 Å². The van der Waals surface area contributed by atoms with Crippen molar-refractivity contribution in [2.24, 2.45) is 11.3 Å². The molecule has 0 aromatic heterocycles. The van der Waals surface area contributed by atoms with Crippen LogP contribution < -0.4 is 5.32 Å². The summed E-state index contributed by atoms with van der Waals surface area (Å²) >= 11 is 0. The number of hydrogen-bond donors (Lipinski definition) is 1. The number of carbonyl (C=O) groups is 1. The maximum Gasteiger partial charge on any atom is 0.227 e. The Labute approximate surface area is 186 Å². The average Bonchev–Trinajstić information content (AvgIpc) is 2.82. The Morgan fingerprint density at radius 3 is 2.81 bits per heavy atom. The number of carbonyl (C=O) groups excluding carboxylic acids is 1. The Balaban J connectivity index is 1.36. The van der Waals surface area contributed by atoms with Gasteiger partial charge in [-0.25, -0.2) is 4.39 Å². The number of likely N-dealkylation sites (tertiary alicyclic amines) is 1. The molecular weight excluding hydrogens is 393 g/mol. The van der Waals surface area contributed by atoms with E-state index < -0.39 is 0 Å². The molecule has 4 rings (SSSR count). The van der Waals surface area contributed by atoms with E-state index in [1.54, 1.807) is 6.07 Å². The second kappa shape index (κ2) is 10.4. The maximum absolute atomic E-state index is 13.9. The monoisotopic (exact) mass is 431 g/mol. The fourth-order valence-corrected chi connectivity index (χ4v) is 5.99. The fourth-order valence-electron chi connectivity index (χ4n) is 5.99.